The van der Waals surface area contributed by atoms with Crippen LogP contribution >= 0.6 is 0 Å². The van der Waals surface area contributed by atoms with E-state index in [1.807, 2.05) is 49.4 Å². The highest BCUT2D eigenvalue weighted by Crippen LogP contribution is 2.35. The summed E-state index contributed by atoms with van der Waals surface area (Å²) >= 11 is 0. The maximum absolute atomic E-state index is 10.5. The van der Waals surface area contributed by atoms with Gasteiger partial charge in [-0.3, -0.25) is 4.90 Å². The van der Waals surface area contributed by atoms with Gasteiger partial charge in [-0.1, -0.05) is 48.0 Å². The van der Waals surface area contributed by atoms with E-state index < -0.39 is 25.8 Å². The lowest BCUT2D eigenvalue weighted by atomic mass is 9.87. The Balaban J connectivity index is 2.41. The molecule has 2 nitrogen and oxygen atoms in total. The lowest BCUT2D eigenvalue weighted by molar-refractivity contribution is 0.170. The van der Waals surface area contributed by atoms with Gasteiger partial charge in [0.25, 0.3) is 0 Å². The van der Waals surface area contributed by atoms with Gasteiger partial charge in [0.15, 0.2) is 0 Å². The second kappa shape index (κ2) is 8.34. The molecule has 2 aromatic rings. The lowest BCUT2D eigenvalue weighted by Gasteiger charge is -2.32. The van der Waals surface area contributed by atoms with Crippen LogP contribution in [-0.4, -0.2) is 28.6 Å². The Morgan fingerprint density at radius 1 is 1.04 bits per heavy atom. The van der Waals surface area contributed by atoms with Crippen molar-refractivity contribution in [2.45, 2.75) is 58.9 Å². The SMILES string of the molecule is [2H]C([2H])([2H])C(C)N(CCC(c1ccccc1)c1cc(C)ccc1O)C(C)C([2H])([2H])[2H]. The monoisotopic (exact) mass is 331 g/mol. The van der Waals surface area contributed by atoms with Crippen LogP contribution < -0.4 is 0 Å². The molecule has 0 radical (unpaired) electrons. The highest BCUT2D eigenvalue weighted by atomic mass is 16.3. The van der Waals surface area contributed by atoms with Gasteiger partial charge >= 0.3 is 0 Å². The lowest BCUT2D eigenvalue weighted by Crippen LogP contribution is -2.38. The van der Waals surface area contributed by atoms with Crippen LogP contribution in [-0.2, 0) is 0 Å². The summed E-state index contributed by atoms with van der Waals surface area (Å²) in [5, 5.41) is 10.5. The first-order valence-corrected chi connectivity index (χ1v) is 8.42. The van der Waals surface area contributed by atoms with Crippen LogP contribution in [0.5, 0.6) is 5.75 Å². The molecule has 24 heavy (non-hydrogen) atoms. The summed E-state index contributed by atoms with van der Waals surface area (Å²) in [6, 6.07) is 13.3. The molecular formula is C22H31NO. The van der Waals surface area contributed by atoms with Crippen molar-refractivity contribution in [2.24, 2.45) is 0 Å². The van der Waals surface area contributed by atoms with Gasteiger partial charge in [0, 0.05) is 31.8 Å². The number of hydrogen-bond acceptors (Lipinski definition) is 2. The molecule has 2 aromatic carbocycles. The summed E-state index contributed by atoms with van der Waals surface area (Å²) in [7, 11) is 0. The van der Waals surface area contributed by atoms with Crippen molar-refractivity contribution in [3.8, 4) is 5.75 Å². The van der Waals surface area contributed by atoms with Crippen LogP contribution in [0.4, 0.5) is 0 Å². The Bertz CT molecular complexity index is 799. The van der Waals surface area contributed by atoms with Crippen molar-refractivity contribution in [3.05, 3.63) is 65.2 Å². The molecule has 1 N–H and O–H groups in total. The molecule has 0 aliphatic rings. The molecular weight excluding hydrogens is 294 g/mol. The number of phenols is 1. The molecule has 0 bridgehead atoms. The smallest absolute Gasteiger partial charge is 0.119 e. The third-order valence-corrected chi connectivity index (χ3v) is 4.43. The molecule has 0 amide bonds. The fourth-order valence-electron chi connectivity index (χ4n) is 3.14. The molecule has 0 aromatic heterocycles. The van der Waals surface area contributed by atoms with E-state index in [1.54, 1.807) is 24.8 Å². The zero-order valence-corrected chi connectivity index (χ0v) is 14.7. The van der Waals surface area contributed by atoms with Crippen LogP contribution in [0, 0.1) is 6.92 Å². The Morgan fingerprint density at radius 2 is 1.71 bits per heavy atom. The summed E-state index contributed by atoms with van der Waals surface area (Å²) < 4.78 is 46.9. The minimum absolute atomic E-state index is 0.175. The molecule has 0 aliphatic carbocycles. The number of aryl methyl sites for hydroxylation is 1. The number of nitrogens with zero attached hydrogens (tertiary/aromatic N) is 1. The molecule has 2 heteroatoms. The van der Waals surface area contributed by atoms with E-state index in [-0.39, 0.29) is 18.2 Å². The fraction of sp³-hybridized carbons (Fsp3) is 0.455. The van der Waals surface area contributed by atoms with Crippen molar-refractivity contribution in [2.75, 3.05) is 6.54 Å². The first-order chi connectivity index (χ1) is 13.8. The Morgan fingerprint density at radius 3 is 2.33 bits per heavy atom. The van der Waals surface area contributed by atoms with Crippen molar-refractivity contribution in [1.29, 1.82) is 0 Å². The number of rotatable bonds is 7. The normalized spacial score (nSPS) is 20.0. The highest BCUT2D eigenvalue weighted by Gasteiger charge is 2.21. The third kappa shape index (κ3) is 4.61. The van der Waals surface area contributed by atoms with Gasteiger partial charge in [0.05, 0.1) is 0 Å². The van der Waals surface area contributed by atoms with Gasteiger partial charge in [0.2, 0.25) is 0 Å². The molecule has 0 heterocycles. The van der Waals surface area contributed by atoms with Crippen LogP contribution in [0.15, 0.2) is 48.5 Å². The van der Waals surface area contributed by atoms with Crippen LogP contribution in [0.2, 0.25) is 0 Å². The average molecular weight is 332 g/mol. The first kappa shape index (κ1) is 11.7. The quantitative estimate of drug-likeness (QED) is 0.740. The van der Waals surface area contributed by atoms with Crippen molar-refractivity contribution < 1.29 is 13.3 Å². The third-order valence-electron chi connectivity index (χ3n) is 4.43. The Hall–Kier alpha value is -1.80. The van der Waals surface area contributed by atoms with Gasteiger partial charge in [-0.15, -0.1) is 0 Å². The summed E-state index contributed by atoms with van der Waals surface area (Å²) in [5.74, 6) is -0.0186. The fourth-order valence-corrected chi connectivity index (χ4v) is 3.14. The summed E-state index contributed by atoms with van der Waals surface area (Å²) in [6.45, 7) is 0.727. The van der Waals surface area contributed by atoms with E-state index in [4.69, 9.17) is 8.22 Å². The number of aromatic hydroxyl groups is 1. The van der Waals surface area contributed by atoms with E-state index >= 15 is 0 Å². The number of phenolic OH excluding ortho intramolecular Hbond substituents is 1. The maximum Gasteiger partial charge on any atom is 0.119 e. The van der Waals surface area contributed by atoms with E-state index in [9.17, 15) is 5.11 Å². The molecule has 3 atom stereocenters. The zero-order valence-electron chi connectivity index (χ0n) is 20.7. The van der Waals surface area contributed by atoms with E-state index in [2.05, 4.69) is 0 Å². The summed E-state index contributed by atoms with van der Waals surface area (Å²) in [6.07, 6.45) is 0.474. The van der Waals surface area contributed by atoms with Gasteiger partial charge in [-0.2, -0.15) is 0 Å². The molecule has 130 valence electrons. The Labute approximate surface area is 155 Å². The molecule has 2 rings (SSSR count). The van der Waals surface area contributed by atoms with Crippen molar-refractivity contribution in [1.82, 2.24) is 4.90 Å². The molecule has 3 unspecified atom stereocenters. The highest BCUT2D eigenvalue weighted by molar-refractivity contribution is 5.43. The summed E-state index contributed by atoms with van der Waals surface area (Å²) in [5.41, 5.74) is 2.75. The summed E-state index contributed by atoms with van der Waals surface area (Å²) in [4.78, 5) is 1.56. The minimum atomic E-state index is -2.30. The van der Waals surface area contributed by atoms with Crippen molar-refractivity contribution in [3.63, 3.8) is 0 Å². The molecule has 0 saturated heterocycles. The Kier molecular flexibility index (Phi) is 4.07. The average Bonchev–Trinajstić information content (AvgIpc) is 2.66. The van der Waals surface area contributed by atoms with Crippen LogP contribution in [0.1, 0.15) is 64.8 Å². The predicted molar refractivity (Wildman–Crippen MR) is 103 cm³/mol. The van der Waals surface area contributed by atoms with Gasteiger partial charge in [0.1, 0.15) is 5.75 Å². The van der Waals surface area contributed by atoms with E-state index in [0.717, 1.165) is 16.7 Å². The van der Waals surface area contributed by atoms with Gasteiger partial charge < -0.3 is 5.11 Å². The van der Waals surface area contributed by atoms with Crippen molar-refractivity contribution >= 4 is 0 Å². The first-order valence-electron chi connectivity index (χ1n) is 11.4. The second-order valence-electron chi connectivity index (χ2n) is 6.40. The predicted octanol–water partition coefficient (Wildman–Crippen LogP) is 5.34. The molecule has 0 saturated carbocycles. The maximum atomic E-state index is 10.5. The molecule has 0 spiro atoms. The van der Waals surface area contributed by atoms with E-state index in [0.29, 0.717) is 6.42 Å². The van der Waals surface area contributed by atoms with Gasteiger partial charge in [-0.25, -0.2) is 0 Å². The topological polar surface area (TPSA) is 23.5 Å². The second-order valence-corrected chi connectivity index (χ2v) is 6.40. The minimum Gasteiger partial charge on any atom is -0.508 e. The van der Waals surface area contributed by atoms with Crippen LogP contribution in [0.3, 0.4) is 0 Å². The number of hydrogen-bond donors (Lipinski definition) is 1. The number of benzene rings is 2. The zero-order chi connectivity index (χ0) is 22.7. The van der Waals surface area contributed by atoms with E-state index in [1.165, 1.54) is 0 Å². The molecule has 0 aliphatic heterocycles. The van der Waals surface area contributed by atoms with Gasteiger partial charge in [-0.05, 0) is 59.1 Å². The van der Waals surface area contributed by atoms with Crippen LogP contribution in [0.25, 0.3) is 0 Å². The standard InChI is InChI=1S/C22H31NO/c1-16(2)23(17(3)4)14-13-20(19-9-7-6-8-10-19)21-15-18(5)11-12-22(21)24/h6-12,15-17,20,24H,13-14H2,1-5H3/i1D3,3D3. The largest absolute Gasteiger partial charge is 0.508 e. The molecule has 0 fully saturated rings.